The lowest BCUT2D eigenvalue weighted by molar-refractivity contribution is -0.137. The van der Waals surface area contributed by atoms with Crippen molar-refractivity contribution in [1.82, 2.24) is 4.57 Å². The minimum atomic E-state index is -4.30. The summed E-state index contributed by atoms with van der Waals surface area (Å²) in [6, 6.07) is 9.88. The maximum atomic E-state index is 12.9. The molecule has 0 radical (unpaired) electrons. The summed E-state index contributed by atoms with van der Waals surface area (Å²) < 4.78 is 40.8. The van der Waals surface area contributed by atoms with E-state index in [-0.39, 0.29) is 0 Å². The molecule has 0 aliphatic heterocycles. The highest BCUT2D eigenvalue weighted by Crippen LogP contribution is 2.37. The highest BCUT2D eigenvalue weighted by Gasteiger charge is 2.30. The van der Waals surface area contributed by atoms with Gasteiger partial charge in [-0.2, -0.15) is 13.2 Å². The molecular weight excluding hydrogens is 323 g/mol. The fourth-order valence-corrected chi connectivity index (χ4v) is 4.16. The van der Waals surface area contributed by atoms with Gasteiger partial charge in [0, 0.05) is 16.8 Å². The Morgan fingerprint density at radius 3 is 2.28 bits per heavy atom. The van der Waals surface area contributed by atoms with Crippen LogP contribution in [0.5, 0.6) is 0 Å². The van der Waals surface area contributed by atoms with Gasteiger partial charge in [-0.3, -0.25) is 0 Å². The summed E-state index contributed by atoms with van der Waals surface area (Å²) in [5.74, 6) is 0. The summed E-state index contributed by atoms with van der Waals surface area (Å²) in [4.78, 5) is 0. The Balaban J connectivity index is 1.98. The van der Waals surface area contributed by atoms with Crippen LogP contribution in [0, 0.1) is 13.8 Å². The predicted octanol–water partition coefficient (Wildman–Crippen LogP) is 6.14. The lowest BCUT2D eigenvalue weighted by Gasteiger charge is -2.16. The Hall–Kier alpha value is -2.23. The van der Waals surface area contributed by atoms with Crippen LogP contribution in [0.15, 0.2) is 36.4 Å². The fraction of sp³-hybridized carbons (Fsp3) is 0.333. The van der Waals surface area contributed by atoms with E-state index in [4.69, 9.17) is 0 Å². The van der Waals surface area contributed by atoms with Crippen molar-refractivity contribution in [3.8, 4) is 5.69 Å². The average Bonchev–Trinajstić information content (AvgIpc) is 2.88. The van der Waals surface area contributed by atoms with Crippen molar-refractivity contribution in [2.75, 3.05) is 0 Å². The smallest absolute Gasteiger partial charge is 0.313 e. The first-order valence-electron chi connectivity index (χ1n) is 8.67. The summed E-state index contributed by atoms with van der Waals surface area (Å²) >= 11 is 0. The number of halogens is 3. The van der Waals surface area contributed by atoms with Crippen molar-refractivity contribution in [1.29, 1.82) is 0 Å². The molecule has 2 aromatic carbocycles. The molecule has 0 amide bonds. The highest BCUT2D eigenvalue weighted by atomic mass is 19.4. The lowest BCUT2D eigenvalue weighted by Crippen LogP contribution is -2.08. The van der Waals surface area contributed by atoms with Gasteiger partial charge in [0.15, 0.2) is 0 Å². The van der Waals surface area contributed by atoms with E-state index in [0.717, 1.165) is 30.5 Å². The first kappa shape index (κ1) is 16.2. The number of aromatic nitrogens is 1. The maximum absolute atomic E-state index is 12.9. The van der Waals surface area contributed by atoms with Crippen molar-refractivity contribution < 1.29 is 13.2 Å². The molecule has 4 heteroatoms. The van der Waals surface area contributed by atoms with Crippen LogP contribution in [-0.4, -0.2) is 4.57 Å². The van der Waals surface area contributed by atoms with Crippen molar-refractivity contribution >= 4 is 10.9 Å². The molecular formula is C21H20F3N. The van der Waals surface area contributed by atoms with Gasteiger partial charge in [0.05, 0.1) is 11.1 Å². The van der Waals surface area contributed by atoms with Crippen molar-refractivity contribution in [3.05, 3.63) is 64.3 Å². The quantitative estimate of drug-likeness (QED) is 0.500. The summed E-state index contributed by atoms with van der Waals surface area (Å²) in [7, 11) is 0. The number of benzene rings is 2. The van der Waals surface area contributed by atoms with Crippen molar-refractivity contribution in [3.63, 3.8) is 0 Å². The Morgan fingerprint density at radius 1 is 0.920 bits per heavy atom. The van der Waals surface area contributed by atoms with E-state index in [1.165, 1.54) is 46.3 Å². The minimum absolute atomic E-state index is 0.603. The molecule has 0 fully saturated rings. The van der Waals surface area contributed by atoms with Crippen LogP contribution in [0.3, 0.4) is 0 Å². The second-order valence-electron chi connectivity index (χ2n) is 6.99. The molecule has 130 valence electrons. The molecule has 1 aliphatic carbocycles. The van der Waals surface area contributed by atoms with Crippen LogP contribution in [0.25, 0.3) is 16.6 Å². The molecule has 1 aromatic heterocycles. The molecule has 0 N–H and O–H groups in total. The van der Waals surface area contributed by atoms with Crippen LogP contribution in [0.4, 0.5) is 13.2 Å². The molecule has 0 spiro atoms. The zero-order valence-electron chi connectivity index (χ0n) is 14.4. The van der Waals surface area contributed by atoms with Gasteiger partial charge in [0.1, 0.15) is 0 Å². The molecule has 1 aliphatic rings. The third-order valence-electron chi connectivity index (χ3n) is 5.16. The van der Waals surface area contributed by atoms with Gasteiger partial charge in [0.25, 0.3) is 0 Å². The maximum Gasteiger partial charge on any atom is 0.416 e. The number of rotatable bonds is 1. The first-order valence-corrected chi connectivity index (χ1v) is 8.67. The summed E-state index contributed by atoms with van der Waals surface area (Å²) in [5, 5.41) is 1.28. The molecule has 0 saturated carbocycles. The molecule has 0 atom stereocenters. The lowest BCUT2D eigenvalue weighted by atomic mass is 9.93. The number of hydrogen-bond acceptors (Lipinski definition) is 0. The standard InChI is InChI=1S/C21H20F3N/c1-13-11-14(2)20-17-5-3-4-6-18(17)25(19(20)12-13)16-9-7-15(8-10-16)21(22,23)24/h7-12H,3-6H2,1-2H3. The Bertz CT molecular complexity index is 946. The van der Waals surface area contributed by atoms with Crippen LogP contribution < -0.4 is 0 Å². The molecule has 4 rings (SSSR count). The number of fused-ring (bicyclic) bond motifs is 3. The van der Waals surface area contributed by atoms with E-state index >= 15 is 0 Å². The molecule has 0 bridgehead atoms. The minimum Gasteiger partial charge on any atom is -0.313 e. The van der Waals surface area contributed by atoms with Crippen LogP contribution in [-0.2, 0) is 19.0 Å². The molecule has 1 heterocycles. The van der Waals surface area contributed by atoms with E-state index in [0.29, 0.717) is 0 Å². The van der Waals surface area contributed by atoms with E-state index in [2.05, 4.69) is 30.5 Å². The molecule has 0 unspecified atom stereocenters. The third kappa shape index (κ3) is 2.64. The van der Waals surface area contributed by atoms with Gasteiger partial charge in [-0.05, 0) is 86.6 Å². The van der Waals surface area contributed by atoms with Crippen LogP contribution >= 0.6 is 0 Å². The zero-order chi connectivity index (χ0) is 17.8. The highest BCUT2D eigenvalue weighted by molar-refractivity contribution is 5.91. The number of hydrogen-bond donors (Lipinski definition) is 0. The monoisotopic (exact) mass is 343 g/mol. The predicted molar refractivity (Wildman–Crippen MR) is 94.4 cm³/mol. The van der Waals surface area contributed by atoms with Crippen LogP contribution in [0.1, 0.15) is 40.8 Å². The molecule has 1 nitrogen and oxygen atoms in total. The second-order valence-corrected chi connectivity index (χ2v) is 6.99. The molecule has 0 saturated heterocycles. The van der Waals surface area contributed by atoms with Gasteiger partial charge in [-0.25, -0.2) is 0 Å². The molecule has 25 heavy (non-hydrogen) atoms. The van der Waals surface area contributed by atoms with E-state index in [9.17, 15) is 13.2 Å². The third-order valence-corrected chi connectivity index (χ3v) is 5.16. The summed E-state index contributed by atoms with van der Waals surface area (Å²) in [6.45, 7) is 4.19. The summed E-state index contributed by atoms with van der Waals surface area (Å²) in [5.41, 5.74) is 6.38. The topological polar surface area (TPSA) is 4.93 Å². The van der Waals surface area contributed by atoms with E-state index < -0.39 is 11.7 Å². The van der Waals surface area contributed by atoms with Crippen molar-refractivity contribution in [2.45, 2.75) is 45.7 Å². The SMILES string of the molecule is Cc1cc(C)c2c3c(n(-c4ccc(C(F)(F)F)cc4)c2c1)CCCC3. The van der Waals surface area contributed by atoms with Crippen molar-refractivity contribution in [2.24, 2.45) is 0 Å². The zero-order valence-corrected chi connectivity index (χ0v) is 14.4. The summed E-state index contributed by atoms with van der Waals surface area (Å²) in [6.07, 6.45) is 0.0191. The van der Waals surface area contributed by atoms with Gasteiger partial charge in [0.2, 0.25) is 0 Å². The fourth-order valence-electron chi connectivity index (χ4n) is 4.16. The largest absolute Gasteiger partial charge is 0.416 e. The van der Waals surface area contributed by atoms with Gasteiger partial charge in [-0.1, -0.05) is 6.07 Å². The number of nitrogens with zero attached hydrogens (tertiary/aromatic N) is 1. The normalized spacial score (nSPS) is 14.8. The van der Waals surface area contributed by atoms with Crippen LogP contribution in [0.2, 0.25) is 0 Å². The van der Waals surface area contributed by atoms with Gasteiger partial charge in [-0.15, -0.1) is 0 Å². The van der Waals surface area contributed by atoms with E-state index in [1.807, 2.05) is 0 Å². The van der Waals surface area contributed by atoms with Gasteiger partial charge >= 0.3 is 6.18 Å². The molecule has 3 aromatic rings. The first-order chi connectivity index (χ1) is 11.9. The Kier molecular flexibility index (Phi) is 3.67. The number of alkyl halides is 3. The Morgan fingerprint density at radius 2 is 1.60 bits per heavy atom. The Labute approximate surface area is 145 Å². The number of aryl methyl sites for hydroxylation is 3. The average molecular weight is 343 g/mol. The second kappa shape index (κ2) is 5.65. The van der Waals surface area contributed by atoms with E-state index in [1.54, 1.807) is 12.1 Å². The van der Waals surface area contributed by atoms with Gasteiger partial charge < -0.3 is 4.57 Å².